The summed E-state index contributed by atoms with van der Waals surface area (Å²) in [4.78, 5) is 0. The Labute approximate surface area is 98.8 Å². The lowest BCUT2D eigenvalue weighted by Gasteiger charge is -2.11. The third kappa shape index (κ3) is 4.05. The van der Waals surface area contributed by atoms with Crippen LogP contribution >= 0.6 is 15.9 Å². The molecular weight excluding hydrogens is 254 g/mol. The van der Waals surface area contributed by atoms with Crippen molar-refractivity contribution in [3.8, 4) is 11.8 Å². The lowest BCUT2D eigenvalue weighted by atomic mass is 10.1. The van der Waals surface area contributed by atoms with Crippen molar-refractivity contribution in [1.82, 2.24) is 5.48 Å². The lowest BCUT2D eigenvalue weighted by Crippen LogP contribution is -2.29. The Balaban J connectivity index is 2.76. The highest BCUT2D eigenvalue weighted by molar-refractivity contribution is 9.10. The van der Waals surface area contributed by atoms with Gasteiger partial charge < -0.3 is 5.21 Å². The first kappa shape index (κ1) is 12.3. The van der Waals surface area contributed by atoms with E-state index in [0.29, 0.717) is 0 Å². The molecule has 15 heavy (non-hydrogen) atoms. The summed E-state index contributed by atoms with van der Waals surface area (Å²) in [5.41, 5.74) is 3.14. The molecule has 1 aromatic rings. The molecule has 0 saturated carbocycles. The molecule has 0 fully saturated rings. The molecule has 1 aromatic carbocycles. The van der Waals surface area contributed by atoms with Crippen LogP contribution in [0.1, 0.15) is 19.4 Å². The number of halogens is 1. The van der Waals surface area contributed by atoms with Crippen molar-refractivity contribution in [1.29, 1.82) is 0 Å². The average molecular weight is 268 g/mol. The van der Waals surface area contributed by atoms with Gasteiger partial charge >= 0.3 is 0 Å². The van der Waals surface area contributed by atoms with Gasteiger partial charge in [-0.15, -0.1) is 0 Å². The maximum Gasteiger partial charge on any atom is 0.0952 e. The van der Waals surface area contributed by atoms with Gasteiger partial charge in [0.05, 0.1) is 6.04 Å². The van der Waals surface area contributed by atoms with Gasteiger partial charge in [-0.2, -0.15) is 5.48 Å². The van der Waals surface area contributed by atoms with Gasteiger partial charge in [-0.1, -0.05) is 41.6 Å². The second-order valence-corrected chi connectivity index (χ2v) is 4.54. The first-order chi connectivity index (χ1) is 7.13. The first-order valence-corrected chi connectivity index (χ1v) is 5.59. The molecule has 0 radical (unpaired) electrons. The molecule has 80 valence electrons. The van der Waals surface area contributed by atoms with Crippen molar-refractivity contribution < 1.29 is 5.21 Å². The summed E-state index contributed by atoms with van der Waals surface area (Å²) in [5.74, 6) is 6.26. The molecule has 0 amide bonds. The summed E-state index contributed by atoms with van der Waals surface area (Å²) >= 11 is 3.36. The van der Waals surface area contributed by atoms with Gasteiger partial charge in [-0.3, -0.25) is 0 Å². The minimum absolute atomic E-state index is 0.186. The maximum absolute atomic E-state index is 8.86. The highest BCUT2D eigenvalue weighted by atomic mass is 79.9. The Morgan fingerprint density at radius 2 is 1.87 bits per heavy atom. The largest absolute Gasteiger partial charge is 0.316 e. The molecule has 0 aliphatic rings. The minimum Gasteiger partial charge on any atom is -0.316 e. The molecular formula is C12H14BrNO. The van der Waals surface area contributed by atoms with Crippen molar-refractivity contribution in [3.05, 3.63) is 34.3 Å². The average Bonchev–Trinajstić information content (AvgIpc) is 2.21. The van der Waals surface area contributed by atoms with Crippen LogP contribution in [0.5, 0.6) is 0 Å². The van der Waals surface area contributed by atoms with Crippen LogP contribution < -0.4 is 5.48 Å². The zero-order chi connectivity index (χ0) is 11.3. The third-order valence-corrected chi connectivity index (χ3v) is 2.55. The van der Waals surface area contributed by atoms with E-state index in [2.05, 4.69) is 33.3 Å². The SMILES string of the molecule is CC(C)[C@H](C#Cc1ccc(Br)cc1)NO. The van der Waals surface area contributed by atoms with Gasteiger partial charge in [0.1, 0.15) is 0 Å². The quantitative estimate of drug-likeness (QED) is 0.638. The number of hydrogen-bond donors (Lipinski definition) is 2. The van der Waals surface area contributed by atoms with Crippen molar-refractivity contribution in [2.24, 2.45) is 5.92 Å². The van der Waals surface area contributed by atoms with Crippen LogP contribution in [0, 0.1) is 17.8 Å². The van der Waals surface area contributed by atoms with Gasteiger partial charge in [-0.25, -0.2) is 0 Å². The van der Waals surface area contributed by atoms with Crippen LogP contribution in [0.2, 0.25) is 0 Å². The van der Waals surface area contributed by atoms with Gasteiger partial charge in [0.25, 0.3) is 0 Å². The molecule has 2 N–H and O–H groups in total. The topological polar surface area (TPSA) is 32.3 Å². The summed E-state index contributed by atoms with van der Waals surface area (Å²) in [5, 5.41) is 8.86. The normalized spacial score (nSPS) is 12.1. The van der Waals surface area contributed by atoms with Crippen LogP contribution in [0.15, 0.2) is 28.7 Å². The summed E-state index contributed by atoms with van der Waals surface area (Å²) in [6.07, 6.45) is 0. The fourth-order valence-corrected chi connectivity index (χ4v) is 1.31. The van der Waals surface area contributed by atoms with E-state index in [1.165, 1.54) is 0 Å². The zero-order valence-corrected chi connectivity index (χ0v) is 10.4. The molecule has 1 atom stereocenters. The Kier molecular flexibility index (Phi) is 4.83. The standard InChI is InChI=1S/C12H14BrNO/c1-9(2)12(14-15)8-5-10-3-6-11(13)7-4-10/h3-4,6-7,9,12,14-15H,1-2H3/t12-/m0/s1. The van der Waals surface area contributed by atoms with Crippen LogP contribution in [-0.4, -0.2) is 11.2 Å². The number of benzene rings is 1. The molecule has 3 heteroatoms. The van der Waals surface area contributed by atoms with Gasteiger partial charge in [0, 0.05) is 10.0 Å². The highest BCUT2D eigenvalue weighted by Gasteiger charge is 2.06. The smallest absolute Gasteiger partial charge is 0.0952 e. The first-order valence-electron chi connectivity index (χ1n) is 4.80. The van der Waals surface area contributed by atoms with Gasteiger partial charge in [0.15, 0.2) is 0 Å². The van der Waals surface area contributed by atoms with E-state index in [0.717, 1.165) is 10.0 Å². The van der Waals surface area contributed by atoms with Crippen LogP contribution in [-0.2, 0) is 0 Å². The van der Waals surface area contributed by atoms with Crippen LogP contribution in [0.3, 0.4) is 0 Å². The van der Waals surface area contributed by atoms with Crippen molar-refractivity contribution in [2.45, 2.75) is 19.9 Å². The molecule has 0 unspecified atom stereocenters. The van der Waals surface area contributed by atoms with Crippen LogP contribution in [0.25, 0.3) is 0 Å². The molecule has 0 spiro atoms. The van der Waals surface area contributed by atoms with Crippen LogP contribution in [0.4, 0.5) is 0 Å². The Morgan fingerprint density at radius 1 is 1.27 bits per heavy atom. The van der Waals surface area contributed by atoms with Crippen molar-refractivity contribution in [3.63, 3.8) is 0 Å². The van der Waals surface area contributed by atoms with E-state index in [1.807, 2.05) is 38.1 Å². The number of nitrogens with one attached hydrogen (secondary N) is 1. The Morgan fingerprint density at radius 3 is 2.33 bits per heavy atom. The summed E-state index contributed by atoms with van der Waals surface area (Å²) in [6, 6.07) is 7.58. The number of rotatable bonds is 2. The number of hydroxylamine groups is 1. The van der Waals surface area contributed by atoms with E-state index in [9.17, 15) is 0 Å². The fraction of sp³-hybridized carbons (Fsp3) is 0.333. The van der Waals surface area contributed by atoms with Gasteiger partial charge in [0.2, 0.25) is 0 Å². The molecule has 0 aliphatic heterocycles. The van der Waals surface area contributed by atoms with E-state index in [4.69, 9.17) is 5.21 Å². The highest BCUT2D eigenvalue weighted by Crippen LogP contribution is 2.09. The summed E-state index contributed by atoms with van der Waals surface area (Å²) in [7, 11) is 0. The predicted octanol–water partition coefficient (Wildman–Crippen LogP) is 2.80. The second-order valence-electron chi connectivity index (χ2n) is 3.63. The summed E-state index contributed by atoms with van der Waals surface area (Å²) < 4.78 is 1.04. The second kappa shape index (κ2) is 5.92. The monoisotopic (exact) mass is 267 g/mol. The zero-order valence-electron chi connectivity index (χ0n) is 8.79. The van der Waals surface area contributed by atoms with Gasteiger partial charge in [-0.05, 0) is 30.2 Å². The van der Waals surface area contributed by atoms with E-state index in [-0.39, 0.29) is 12.0 Å². The molecule has 0 bridgehead atoms. The predicted molar refractivity (Wildman–Crippen MR) is 64.6 cm³/mol. The summed E-state index contributed by atoms with van der Waals surface area (Å²) in [6.45, 7) is 4.01. The molecule has 0 saturated heterocycles. The molecule has 0 heterocycles. The van der Waals surface area contributed by atoms with E-state index in [1.54, 1.807) is 0 Å². The minimum atomic E-state index is -0.186. The molecule has 0 aliphatic carbocycles. The van der Waals surface area contributed by atoms with Crippen molar-refractivity contribution in [2.75, 3.05) is 0 Å². The Bertz CT molecular complexity index is 361. The number of hydrogen-bond acceptors (Lipinski definition) is 2. The fourth-order valence-electron chi connectivity index (χ4n) is 1.04. The van der Waals surface area contributed by atoms with E-state index < -0.39 is 0 Å². The molecule has 2 nitrogen and oxygen atoms in total. The maximum atomic E-state index is 8.86. The molecule has 0 aromatic heterocycles. The third-order valence-electron chi connectivity index (χ3n) is 2.02. The Hall–Kier alpha value is -0.820. The van der Waals surface area contributed by atoms with Crippen molar-refractivity contribution >= 4 is 15.9 Å². The lowest BCUT2D eigenvalue weighted by molar-refractivity contribution is 0.129. The van der Waals surface area contributed by atoms with E-state index >= 15 is 0 Å². The molecule has 1 rings (SSSR count).